The Balaban J connectivity index is 1.45. The van der Waals surface area contributed by atoms with E-state index in [4.69, 9.17) is 0 Å². The molecule has 184 valence electrons. The minimum absolute atomic E-state index is 0.00170. The molecule has 1 fully saturated rings. The number of alkyl halides is 3. The van der Waals surface area contributed by atoms with Gasteiger partial charge in [0.25, 0.3) is 0 Å². The van der Waals surface area contributed by atoms with Crippen molar-refractivity contribution in [1.29, 1.82) is 0 Å². The first kappa shape index (κ1) is 23.2. The number of carbonyl (C=O) groups excluding carboxylic acids is 1. The molecule has 1 aromatic heterocycles. The molecule has 6 nitrogen and oxygen atoms in total. The van der Waals surface area contributed by atoms with Crippen molar-refractivity contribution in [3.8, 4) is 0 Å². The summed E-state index contributed by atoms with van der Waals surface area (Å²) in [6.07, 6.45) is -2.13. The van der Waals surface area contributed by atoms with Crippen molar-refractivity contribution < 1.29 is 22.4 Å². The first-order valence-electron chi connectivity index (χ1n) is 11.4. The number of aryl methyl sites for hydroxylation is 2. The van der Waals surface area contributed by atoms with Crippen LogP contribution >= 0.6 is 0 Å². The van der Waals surface area contributed by atoms with Gasteiger partial charge in [0.1, 0.15) is 5.82 Å². The lowest BCUT2D eigenvalue weighted by Gasteiger charge is -2.38. The number of para-hydroxylation sites is 1. The van der Waals surface area contributed by atoms with Crippen LogP contribution in [0.15, 0.2) is 48.7 Å². The molecule has 2 amide bonds. The molecular weight excluding hydrogens is 462 g/mol. The van der Waals surface area contributed by atoms with E-state index in [9.17, 15) is 22.4 Å². The van der Waals surface area contributed by atoms with Crippen LogP contribution in [0.2, 0.25) is 0 Å². The van der Waals surface area contributed by atoms with Crippen LogP contribution in [0.5, 0.6) is 0 Å². The summed E-state index contributed by atoms with van der Waals surface area (Å²) in [4.78, 5) is 18.6. The molecule has 0 bridgehead atoms. The Bertz CT molecular complexity index is 1250. The largest absolute Gasteiger partial charge is 0.416 e. The molecule has 2 aliphatic rings. The molecule has 3 heterocycles. The molecule has 3 aromatic rings. The van der Waals surface area contributed by atoms with Crippen molar-refractivity contribution in [2.45, 2.75) is 38.7 Å². The zero-order chi connectivity index (χ0) is 24.9. The molecule has 10 heteroatoms. The molecule has 0 unspecified atom stereocenters. The van der Waals surface area contributed by atoms with E-state index in [2.05, 4.69) is 5.10 Å². The minimum Gasteiger partial charge on any atom is -0.367 e. The number of anilines is 2. The number of carbonyl (C=O) groups is 1. The smallest absolute Gasteiger partial charge is 0.367 e. The number of aromatic nitrogens is 2. The van der Waals surface area contributed by atoms with E-state index in [1.54, 1.807) is 28.9 Å². The number of benzene rings is 2. The van der Waals surface area contributed by atoms with Gasteiger partial charge in [-0.25, -0.2) is 9.18 Å². The number of hydrogen-bond donors (Lipinski definition) is 0. The Kier molecular flexibility index (Phi) is 5.69. The number of amides is 2. The van der Waals surface area contributed by atoms with Gasteiger partial charge in [0.05, 0.1) is 30.4 Å². The number of rotatable bonds is 4. The Morgan fingerprint density at radius 3 is 2.63 bits per heavy atom. The number of urea groups is 1. The monoisotopic (exact) mass is 487 g/mol. The van der Waals surface area contributed by atoms with Gasteiger partial charge in [-0.05, 0) is 36.6 Å². The zero-order valence-corrected chi connectivity index (χ0v) is 19.4. The normalized spacial score (nSPS) is 18.4. The number of fused-ring (bicyclic) bond motifs is 1. The van der Waals surface area contributed by atoms with Gasteiger partial charge in [-0.15, -0.1) is 0 Å². The van der Waals surface area contributed by atoms with E-state index in [-0.39, 0.29) is 24.0 Å². The Morgan fingerprint density at radius 2 is 1.89 bits per heavy atom. The topological polar surface area (TPSA) is 44.6 Å². The van der Waals surface area contributed by atoms with Crippen LogP contribution in [0.3, 0.4) is 0 Å². The molecular formula is C25H25F4N5O. The van der Waals surface area contributed by atoms with Gasteiger partial charge in [0.15, 0.2) is 5.82 Å². The third-order valence-electron chi connectivity index (χ3n) is 6.72. The standard InChI is InChI=1S/C25H25F4N5O/c1-16-6-5-9-21(26)22(16)32-11-10-19(15-32)33-14-18-12-31(2)30-23(18)34(24(33)35)13-17-7-3-4-8-20(17)25(27,28)29/h3-9,12,19H,10-11,13-15H2,1-2H3/t19-/m1/s1. The molecule has 1 saturated heterocycles. The summed E-state index contributed by atoms with van der Waals surface area (Å²) in [5, 5.41) is 4.37. The predicted octanol–water partition coefficient (Wildman–Crippen LogP) is 5.11. The van der Waals surface area contributed by atoms with Gasteiger partial charge in [-0.3, -0.25) is 9.58 Å². The van der Waals surface area contributed by atoms with E-state index < -0.39 is 17.8 Å². The van der Waals surface area contributed by atoms with E-state index in [1.807, 2.05) is 17.9 Å². The van der Waals surface area contributed by atoms with Crippen LogP contribution in [-0.2, 0) is 26.3 Å². The van der Waals surface area contributed by atoms with E-state index in [0.717, 1.165) is 17.2 Å². The maximum atomic E-state index is 14.6. The third-order valence-corrected chi connectivity index (χ3v) is 6.72. The fraction of sp³-hybridized carbons (Fsp3) is 0.360. The van der Waals surface area contributed by atoms with E-state index in [0.29, 0.717) is 37.6 Å². The van der Waals surface area contributed by atoms with Crippen LogP contribution in [0.1, 0.15) is 28.7 Å². The molecule has 0 radical (unpaired) electrons. The first-order valence-corrected chi connectivity index (χ1v) is 11.4. The van der Waals surface area contributed by atoms with Crippen molar-refractivity contribution in [3.63, 3.8) is 0 Å². The van der Waals surface area contributed by atoms with Gasteiger partial charge in [0.2, 0.25) is 0 Å². The molecule has 0 spiro atoms. The van der Waals surface area contributed by atoms with Gasteiger partial charge in [-0.1, -0.05) is 30.3 Å². The second-order valence-electron chi connectivity index (χ2n) is 9.10. The maximum absolute atomic E-state index is 14.6. The highest BCUT2D eigenvalue weighted by Gasteiger charge is 2.41. The lowest BCUT2D eigenvalue weighted by atomic mass is 10.1. The highest BCUT2D eigenvalue weighted by Crippen LogP contribution is 2.37. The molecule has 2 aromatic carbocycles. The van der Waals surface area contributed by atoms with Crippen molar-refractivity contribution >= 4 is 17.5 Å². The van der Waals surface area contributed by atoms with Crippen LogP contribution in [-0.4, -0.2) is 39.8 Å². The fourth-order valence-corrected chi connectivity index (χ4v) is 5.12. The molecule has 0 N–H and O–H groups in total. The number of hydrogen-bond acceptors (Lipinski definition) is 3. The summed E-state index contributed by atoms with van der Waals surface area (Å²) >= 11 is 0. The molecule has 0 saturated carbocycles. The van der Waals surface area contributed by atoms with Gasteiger partial charge >= 0.3 is 12.2 Å². The highest BCUT2D eigenvalue weighted by atomic mass is 19.4. The van der Waals surface area contributed by atoms with Gasteiger partial charge in [-0.2, -0.15) is 18.3 Å². The summed E-state index contributed by atoms with van der Waals surface area (Å²) in [6, 6.07) is 9.59. The van der Waals surface area contributed by atoms with Crippen molar-refractivity contribution in [2.24, 2.45) is 7.05 Å². The molecule has 2 aliphatic heterocycles. The molecule has 35 heavy (non-hydrogen) atoms. The predicted molar refractivity (Wildman–Crippen MR) is 124 cm³/mol. The maximum Gasteiger partial charge on any atom is 0.416 e. The zero-order valence-electron chi connectivity index (χ0n) is 19.4. The van der Waals surface area contributed by atoms with Crippen LogP contribution in [0, 0.1) is 12.7 Å². The van der Waals surface area contributed by atoms with Crippen molar-refractivity contribution in [3.05, 3.63) is 76.7 Å². The minimum atomic E-state index is -4.54. The second kappa shape index (κ2) is 8.58. The Morgan fingerprint density at radius 1 is 1.11 bits per heavy atom. The Hall–Kier alpha value is -3.56. The van der Waals surface area contributed by atoms with Gasteiger partial charge < -0.3 is 9.80 Å². The average Bonchev–Trinajstić information content (AvgIpc) is 3.41. The summed E-state index contributed by atoms with van der Waals surface area (Å²) in [5.74, 6) is 0.0566. The lowest BCUT2D eigenvalue weighted by Crippen LogP contribution is -2.52. The summed E-state index contributed by atoms with van der Waals surface area (Å²) in [5.41, 5.74) is 1.33. The second-order valence-corrected chi connectivity index (χ2v) is 9.10. The van der Waals surface area contributed by atoms with Crippen molar-refractivity contribution in [2.75, 3.05) is 22.9 Å². The number of halogens is 4. The van der Waals surface area contributed by atoms with E-state index in [1.165, 1.54) is 29.2 Å². The summed E-state index contributed by atoms with van der Waals surface area (Å²) < 4.78 is 57.0. The number of nitrogens with zero attached hydrogens (tertiary/aromatic N) is 5. The average molecular weight is 488 g/mol. The van der Waals surface area contributed by atoms with Gasteiger partial charge in [0, 0.05) is 31.9 Å². The molecule has 0 aliphatic carbocycles. The third kappa shape index (κ3) is 4.21. The quantitative estimate of drug-likeness (QED) is 0.481. The fourth-order valence-electron chi connectivity index (χ4n) is 5.12. The lowest BCUT2D eigenvalue weighted by molar-refractivity contribution is -0.138. The summed E-state index contributed by atoms with van der Waals surface area (Å²) in [6.45, 7) is 2.91. The van der Waals surface area contributed by atoms with Crippen LogP contribution in [0.25, 0.3) is 0 Å². The first-order chi connectivity index (χ1) is 16.6. The highest BCUT2D eigenvalue weighted by molar-refractivity contribution is 5.94. The SMILES string of the molecule is Cc1cccc(F)c1N1CC[C@@H](N2Cc3cn(C)nc3N(Cc3ccccc3C(F)(F)F)C2=O)C1. The summed E-state index contributed by atoms with van der Waals surface area (Å²) in [7, 11) is 1.72. The van der Waals surface area contributed by atoms with E-state index >= 15 is 0 Å². The van der Waals surface area contributed by atoms with Crippen molar-refractivity contribution in [1.82, 2.24) is 14.7 Å². The molecule has 5 rings (SSSR count). The molecule has 1 atom stereocenters. The van der Waals surface area contributed by atoms with Crippen LogP contribution < -0.4 is 9.80 Å². The van der Waals surface area contributed by atoms with Crippen LogP contribution in [0.4, 0.5) is 33.9 Å². The Labute approximate surface area is 200 Å².